The van der Waals surface area contributed by atoms with Crippen molar-refractivity contribution in [1.29, 1.82) is 0 Å². The molecule has 0 aliphatic carbocycles. The van der Waals surface area contributed by atoms with E-state index in [0.717, 1.165) is 29.7 Å². The molecule has 0 aliphatic rings. The first-order valence-electron chi connectivity index (χ1n) is 7.08. The van der Waals surface area contributed by atoms with Crippen molar-refractivity contribution >= 4 is 29.2 Å². The summed E-state index contributed by atoms with van der Waals surface area (Å²) in [5.74, 6) is -0.307. The van der Waals surface area contributed by atoms with Crippen LogP contribution >= 0.6 is 23.2 Å². The van der Waals surface area contributed by atoms with E-state index in [1.54, 1.807) is 25.3 Å². The molecular weight excluding hydrogens is 321 g/mol. The monoisotopic (exact) mass is 337 g/mol. The Kier molecular flexibility index (Phi) is 5.81. The zero-order chi connectivity index (χ0) is 16.1. The van der Waals surface area contributed by atoms with Crippen LogP contribution in [0.15, 0.2) is 30.5 Å². The van der Waals surface area contributed by atoms with Gasteiger partial charge in [0.05, 0.1) is 22.2 Å². The smallest absolute Gasteiger partial charge is 0.338 e. The molecule has 0 bridgehead atoms. The second-order valence-electron chi connectivity index (χ2n) is 4.90. The highest BCUT2D eigenvalue weighted by Crippen LogP contribution is 2.23. The van der Waals surface area contributed by atoms with E-state index in [0.29, 0.717) is 22.2 Å². The van der Waals surface area contributed by atoms with Crippen LogP contribution in [-0.2, 0) is 17.6 Å². The van der Waals surface area contributed by atoms with Gasteiger partial charge in [-0.15, -0.1) is 0 Å². The fourth-order valence-electron chi connectivity index (χ4n) is 2.22. The number of benzene rings is 1. The van der Waals surface area contributed by atoms with Gasteiger partial charge in [-0.3, -0.25) is 4.98 Å². The highest BCUT2D eigenvalue weighted by molar-refractivity contribution is 6.42. The Balaban J connectivity index is 2.14. The maximum atomic E-state index is 11.9. The molecule has 116 valence electrons. The lowest BCUT2D eigenvalue weighted by Crippen LogP contribution is -2.09. The Morgan fingerprint density at radius 3 is 2.64 bits per heavy atom. The molecule has 0 fully saturated rings. The molecule has 0 radical (unpaired) electrons. The number of pyridine rings is 1. The number of ether oxygens (including phenoxy) is 1. The lowest BCUT2D eigenvalue weighted by molar-refractivity contribution is 0.0525. The van der Waals surface area contributed by atoms with E-state index in [1.807, 2.05) is 19.1 Å². The molecular formula is C17H17Cl2NO2. The summed E-state index contributed by atoms with van der Waals surface area (Å²) in [6.45, 7) is 4.04. The van der Waals surface area contributed by atoms with Crippen molar-refractivity contribution in [3.8, 4) is 0 Å². The predicted molar refractivity (Wildman–Crippen MR) is 88.8 cm³/mol. The molecule has 0 amide bonds. The summed E-state index contributed by atoms with van der Waals surface area (Å²) in [6, 6.07) is 7.28. The highest BCUT2D eigenvalue weighted by Gasteiger charge is 2.13. The van der Waals surface area contributed by atoms with Crippen molar-refractivity contribution in [2.75, 3.05) is 6.61 Å². The van der Waals surface area contributed by atoms with Crippen molar-refractivity contribution in [1.82, 2.24) is 4.98 Å². The Morgan fingerprint density at radius 2 is 1.95 bits per heavy atom. The minimum atomic E-state index is -0.307. The van der Waals surface area contributed by atoms with E-state index in [-0.39, 0.29) is 5.97 Å². The average Bonchev–Trinajstić information content (AvgIpc) is 2.50. The van der Waals surface area contributed by atoms with Gasteiger partial charge in [0, 0.05) is 11.9 Å². The van der Waals surface area contributed by atoms with Crippen LogP contribution in [0.2, 0.25) is 10.0 Å². The maximum Gasteiger partial charge on any atom is 0.338 e. The van der Waals surface area contributed by atoms with E-state index in [2.05, 4.69) is 4.98 Å². The van der Waals surface area contributed by atoms with E-state index in [4.69, 9.17) is 27.9 Å². The minimum Gasteiger partial charge on any atom is -0.462 e. The molecule has 22 heavy (non-hydrogen) atoms. The van der Waals surface area contributed by atoms with Gasteiger partial charge < -0.3 is 4.74 Å². The van der Waals surface area contributed by atoms with E-state index < -0.39 is 0 Å². The number of rotatable bonds is 5. The van der Waals surface area contributed by atoms with Crippen LogP contribution in [-0.4, -0.2) is 17.6 Å². The SMILES string of the molecule is CCOC(=O)c1ccnc(CCc2ccc(Cl)c(Cl)c2)c1C. The van der Waals surface area contributed by atoms with Gasteiger partial charge in [0.2, 0.25) is 0 Å². The molecule has 3 nitrogen and oxygen atoms in total. The molecule has 0 aliphatic heterocycles. The first-order valence-corrected chi connectivity index (χ1v) is 7.84. The van der Waals surface area contributed by atoms with E-state index in [9.17, 15) is 4.79 Å². The number of halogens is 2. The van der Waals surface area contributed by atoms with Gasteiger partial charge in [0.25, 0.3) is 0 Å². The largest absolute Gasteiger partial charge is 0.462 e. The summed E-state index contributed by atoms with van der Waals surface area (Å²) in [5, 5.41) is 1.09. The third-order valence-electron chi connectivity index (χ3n) is 3.44. The number of aromatic nitrogens is 1. The van der Waals surface area contributed by atoms with Crippen LogP contribution in [0.5, 0.6) is 0 Å². The van der Waals surface area contributed by atoms with Gasteiger partial charge in [-0.05, 0) is 56.0 Å². The fraction of sp³-hybridized carbons (Fsp3) is 0.294. The summed E-state index contributed by atoms with van der Waals surface area (Å²) in [5.41, 5.74) is 3.40. The Labute approximate surface area is 140 Å². The number of carbonyl (C=O) groups excluding carboxylic acids is 1. The van der Waals surface area contributed by atoms with Crippen LogP contribution < -0.4 is 0 Å². The van der Waals surface area contributed by atoms with Crippen LogP contribution in [0.25, 0.3) is 0 Å². The molecule has 0 atom stereocenters. The molecule has 1 heterocycles. The lowest BCUT2D eigenvalue weighted by atomic mass is 10.0. The van der Waals surface area contributed by atoms with Gasteiger partial charge in [0.1, 0.15) is 0 Å². The fourth-order valence-corrected chi connectivity index (χ4v) is 2.54. The van der Waals surface area contributed by atoms with Crippen molar-refractivity contribution in [2.45, 2.75) is 26.7 Å². The van der Waals surface area contributed by atoms with Crippen molar-refractivity contribution < 1.29 is 9.53 Å². The van der Waals surface area contributed by atoms with Gasteiger partial charge in [-0.2, -0.15) is 0 Å². The maximum absolute atomic E-state index is 11.9. The topological polar surface area (TPSA) is 39.2 Å². The van der Waals surface area contributed by atoms with Crippen LogP contribution in [0, 0.1) is 6.92 Å². The molecule has 0 N–H and O–H groups in total. The molecule has 0 saturated carbocycles. The second kappa shape index (κ2) is 7.61. The first kappa shape index (κ1) is 16.8. The van der Waals surface area contributed by atoms with Gasteiger partial charge in [0.15, 0.2) is 0 Å². The zero-order valence-corrected chi connectivity index (χ0v) is 14.0. The summed E-state index contributed by atoms with van der Waals surface area (Å²) < 4.78 is 5.06. The molecule has 5 heteroatoms. The number of carbonyl (C=O) groups is 1. The number of hydrogen-bond acceptors (Lipinski definition) is 3. The number of nitrogens with zero attached hydrogens (tertiary/aromatic N) is 1. The third-order valence-corrected chi connectivity index (χ3v) is 4.18. The quantitative estimate of drug-likeness (QED) is 0.745. The van der Waals surface area contributed by atoms with Crippen LogP contribution in [0.4, 0.5) is 0 Å². The van der Waals surface area contributed by atoms with Crippen LogP contribution in [0.1, 0.15) is 34.1 Å². The van der Waals surface area contributed by atoms with Crippen molar-refractivity contribution in [2.24, 2.45) is 0 Å². The highest BCUT2D eigenvalue weighted by atomic mass is 35.5. The second-order valence-corrected chi connectivity index (χ2v) is 5.71. The summed E-state index contributed by atoms with van der Waals surface area (Å²) in [7, 11) is 0. The molecule has 2 aromatic rings. The lowest BCUT2D eigenvalue weighted by Gasteiger charge is -2.10. The molecule has 0 saturated heterocycles. The Bertz CT molecular complexity index is 686. The summed E-state index contributed by atoms with van der Waals surface area (Å²) in [6.07, 6.45) is 3.14. The minimum absolute atomic E-state index is 0.307. The number of hydrogen-bond donors (Lipinski definition) is 0. The molecule has 2 rings (SSSR count). The van der Waals surface area contributed by atoms with E-state index in [1.165, 1.54) is 0 Å². The number of esters is 1. The normalized spacial score (nSPS) is 10.5. The van der Waals surface area contributed by atoms with Gasteiger partial charge in [-0.1, -0.05) is 29.3 Å². The Hall–Kier alpha value is -1.58. The molecule has 1 aromatic carbocycles. The Morgan fingerprint density at radius 1 is 1.18 bits per heavy atom. The number of aryl methyl sites for hydroxylation is 2. The summed E-state index contributed by atoms with van der Waals surface area (Å²) >= 11 is 11.9. The van der Waals surface area contributed by atoms with Crippen LogP contribution in [0.3, 0.4) is 0 Å². The molecule has 0 unspecified atom stereocenters. The summed E-state index contributed by atoms with van der Waals surface area (Å²) in [4.78, 5) is 16.3. The average molecular weight is 338 g/mol. The standard InChI is InChI=1S/C17H17Cl2NO2/c1-3-22-17(21)13-8-9-20-16(11(13)2)7-5-12-4-6-14(18)15(19)10-12/h4,6,8-10H,3,5,7H2,1-2H3. The zero-order valence-electron chi connectivity index (χ0n) is 12.5. The van der Waals surface area contributed by atoms with Gasteiger partial charge in [-0.25, -0.2) is 4.79 Å². The van der Waals surface area contributed by atoms with E-state index >= 15 is 0 Å². The predicted octanol–water partition coefficient (Wildman–Crippen LogP) is 4.66. The molecule has 0 spiro atoms. The van der Waals surface area contributed by atoms with Crippen molar-refractivity contribution in [3.05, 3.63) is 62.9 Å². The first-order chi connectivity index (χ1) is 10.5. The van der Waals surface area contributed by atoms with Gasteiger partial charge >= 0.3 is 5.97 Å². The third kappa shape index (κ3) is 3.99. The van der Waals surface area contributed by atoms with Crippen molar-refractivity contribution in [3.63, 3.8) is 0 Å². The molecule has 1 aromatic heterocycles.